The maximum Gasteiger partial charge on any atom is 0.183 e. The molecule has 29 heavy (non-hydrogen) atoms. The van der Waals surface area contributed by atoms with Crippen molar-refractivity contribution in [3.8, 4) is 0 Å². The largest absolute Gasteiger partial charge is 0.374 e. The van der Waals surface area contributed by atoms with Crippen LogP contribution in [0, 0.1) is 0 Å². The molecule has 5 rings (SSSR count). The number of ether oxygens (including phenoxy) is 1. The Labute approximate surface area is 172 Å². The Morgan fingerprint density at radius 1 is 1.14 bits per heavy atom. The molecule has 4 aromatic rings. The topological polar surface area (TPSA) is 81.0 Å². The maximum atomic E-state index is 5.99. The van der Waals surface area contributed by atoms with Crippen LogP contribution in [0.2, 0.25) is 0 Å². The number of fused-ring (bicyclic) bond motifs is 1. The lowest BCUT2D eigenvalue weighted by atomic mass is 10.2. The van der Waals surface area contributed by atoms with E-state index in [-0.39, 0.29) is 6.10 Å². The van der Waals surface area contributed by atoms with Gasteiger partial charge in [0.25, 0.3) is 0 Å². The average molecular weight is 408 g/mol. The van der Waals surface area contributed by atoms with E-state index in [1.165, 1.54) is 11.2 Å². The highest BCUT2D eigenvalue weighted by Crippen LogP contribution is 2.21. The zero-order chi connectivity index (χ0) is 19.5. The van der Waals surface area contributed by atoms with Gasteiger partial charge in [-0.3, -0.25) is 4.90 Å². The molecule has 1 aliphatic heterocycles. The maximum absolute atomic E-state index is 5.99. The van der Waals surface area contributed by atoms with Crippen LogP contribution in [0.15, 0.2) is 54.2 Å². The molecule has 0 amide bonds. The normalized spacial score (nSPS) is 17.6. The van der Waals surface area contributed by atoms with Crippen LogP contribution in [0.5, 0.6) is 0 Å². The van der Waals surface area contributed by atoms with Crippen molar-refractivity contribution in [1.29, 1.82) is 0 Å². The fraction of sp³-hybridized carbons (Fsp3) is 0.300. The molecule has 0 unspecified atom stereocenters. The summed E-state index contributed by atoms with van der Waals surface area (Å²) in [7, 11) is 0. The van der Waals surface area contributed by atoms with Crippen molar-refractivity contribution < 1.29 is 4.74 Å². The number of hydrogen-bond donors (Lipinski definition) is 1. The van der Waals surface area contributed by atoms with Crippen molar-refractivity contribution in [2.75, 3.05) is 25.0 Å². The van der Waals surface area contributed by atoms with Crippen LogP contribution < -0.4 is 5.32 Å². The van der Waals surface area contributed by atoms with Gasteiger partial charge in [0.05, 0.1) is 19.3 Å². The van der Waals surface area contributed by atoms with Gasteiger partial charge in [-0.25, -0.2) is 14.6 Å². The van der Waals surface area contributed by atoms with E-state index in [1.807, 2.05) is 35.0 Å². The molecule has 1 aliphatic rings. The number of thiophene rings is 1. The third-order valence-corrected chi connectivity index (χ3v) is 5.76. The molecule has 1 atom stereocenters. The van der Waals surface area contributed by atoms with Gasteiger partial charge in [-0.2, -0.15) is 0 Å². The van der Waals surface area contributed by atoms with Gasteiger partial charge in [0.2, 0.25) is 0 Å². The summed E-state index contributed by atoms with van der Waals surface area (Å²) in [4.78, 5) is 12.6. The summed E-state index contributed by atoms with van der Waals surface area (Å²) in [6.45, 7) is 4.10. The van der Waals surface area contributed by atoms with Gasteiger partial charge in [-0.1, -0.05) is 29.5 Å². The molecule has 3 aromatic heterocycles. The van der Waals surface area contributed by atoms with Crippen LogP contribution in [0.25, 0.3) is 11.2 Å². The van der Waals surface area contributed by atoms with Crippen molar-refractivity contribution in [3.63, 3.8) is 0 Å². The molecule has 9 heteroatoms. The summed E-state index contributed by atoms with van der Waals surface area (Å²) in [6, 6.07) is 14.2. The predicted octanol–water partition coefficient (Wildman–Crippen LogP) is 2.93. The monoisotopic (exact) mass is 407 g/mol. The molecule has 0 saturated carbocycles. The van der Waals surface area contributed by atoms with Gasteiger partial charge < -0.3 is 10.1 Å². The number of anilines is 2. The Bertz CT molecular complexity index is 1070. The zero-order valence-corrected chi connectivity index (χ0v) is 16.6. The lowest BCUT2D eigenvalue weighted by Gasteiger charge is -2.32. The molecule has 0 bridgehead atoms. The summed E-state index contributed by atoms with van der Waals surface area (Å²) < 4.78 is 7.80. The van der Waals surface area contributed by atoms with E-state index < -0.39 is 0 Å². The van der Waals surface area contributed by atoms with E-state index in [1.54, 1.807) is 11.3 Å². The minimum atomic E-state index is 0.0501. The van der Waals surface area contributed by atoms with E-state index in [0.29, 0.717) is 23.5 Å². The molecular weight excluding hydrogens is 386 g/mol. The highest BCUT2D eigenvalue weighted by molar-refractivity contribution is 7.09. The molecule has 0 radical (unpaired) electrons. The third-order valence-electron chi connectivity index (χ3n) is 4.90. The summed E-state index contributed by atoms with van der Waals surface area (Å²) in [5.74, 6) is 0.649. The zero-order valence-electron chi connectivity index (χ0n) is 15.8. The molecular formula is C20H21N7OS. The average Bonchev–Trinajstić information content (AvgIpc) is 3.40. The lowest BCUT2D eigenvalue weighted by molar-refractivity contribution is -0.0396. The number of hydrogen-bond acceptors (Lipinski definition) is 8. The van der Waals surface area contributed by atoms with E-state index in [0.717, 1.165) is 31.9 Å². The highest BCUT2D eigenvalue weighted by atomic mass is 32.1. The van der Waals surface area contributed by atoms with Gasteiger partial charge >= 0.3 is 0 Å². The molecule has 0 aliphatic carbocycles. The van der Waals surface area contributed by atoms with Crippen LogP contribution in [0.4, 0.5) is 11.5 Å². The lowest BCUT2D eigenvalue weighted by Crippen LogP contribution is -2.43. The summed E-state index contributed by atoms with van der Waals surface area (Å²) in [5, 5.41) is 14.0. The number of para-hydroxylation sites is 1. The first kappa shape index (κ1) is 18.2. The van der Waals surface area contributed by atoms with Crippen molar-refractivity contribution in [2.45, 2.75) is 19.2 Å². The third kappa shape index (κ3) is 4.12. The number of morpholine rings is 1. The Kier molecular flexibility index (Phi) is 5.16. The molecule has 0 spiro atoms. The molecule has 4 heterocycles. The molecule has 1 aromatic carbocycles. The van der Waals surface area contributed by atoms with Crippen LogP contribution in [-0.4, -0.2) is 55.7 Å². The molecule has 148 valence electrons. The smallest absolute Gasteiger partial charge is 0.183 e. The van der Waals surface area contributed by atoms with Crippen LogP contribution in [-0.2, 0) is 17.8 Å². The number of nitrogens with zero attached hydrogens (tertiary/aromatic N) is 6. The Balaban J connectivity index is 1.31. The Morgan fingerprint density at radius 3 is 2.93 bits per heavy atom. The first-order valence-corrected chi connectivity index (χ1v) is 10.5. The number of nitrogens with one attached hydrogen (secondary N) is 1. The first-order chi connectivity index (χ1) is 14.3. The minimum Gasteiger partial charge on any atom is -0.374 e. The highest BCUT2D eigenvalue weighted by Gasteiger charge is 2.23. The second-order valence-electron chi connectivity index (χ2n) is 6.96. The minimum absolute atomic E-state index is 0.0501. The standard InChI is InChI=1S/C20H21N7OS/c1-2-5-15(6-3-1)23-19-18-20(22-14-21-19)27(25-24-18)12-16-11-26(8-9-28-16)13-17-7-4-10-29-17/h1-7,10,14,16H,8-9,11-13H2,(H,21,22,23)/t16-/m0/s1. The predicted molar refractivity (Wildman–Crippen MR) is 112 cm³/mol. The van der Waals surface area contributed by atoms with Crippen molar-refractivity contribution in [1.82, 2.24) is 29.9 Å². The van der Waals surface area contributed by atoms with Crippen LogP contribution in [0.3, 0.4) is 0 Å². The fourth-order valence-electron chi connectivity index (χ4n) is 3.51. The van der Waals surface area contributed by atoms with Crippen molar-refractivity contribution in [3.05, 3.63) is 59.0 Å². The summed E-state index contributed by atoms with van der Waals surface area (Å²) >= 11 is 1.79. The van der Waals surface area contributed by atoms with Crippen molar-refractivity contribution >= 4 is 34.0 Å². The van der Waals surface area contributed by atoms with Gasteiger partial charge in [-0.15, -0.1) is 16.4 Å². The molecule has 1 N–H and O–H groups in total. The van der Waals surface area contributed by atoms with E-state index in [9.17, 15) is 0 Å². The number of benzene rings is 1. The quantitative estimate of drug-likeness (QED) is 0.526. The van der Waals surface area contributed by atoms with Gasteiger partial charge in [0, 0.05) is 30.2 Å². The van der Waals surface area contributed by atoms with Gasteiger partial charge in [-0.05, 0) is 23.6 Å². The van der Waals surface area contributed by atoms with E-state index in [4.69, 9.17) is 4.74 Å². The molecule has 1 fully saturated rings. The Hall–Kier alpha value is -2.88. The van der Waals surface area contributed by atoms with E-state index >= 15 is 0 Å². The number of aromatic nitrogens is 5. The SMILES string of the molecule is c1ccc(Nc2ncnc3c2nnn3C[C@@H]2CN(Cc3cccs3)CCO2)cc1. The van der Waals surface area contributed by atoms with Gasteiger partial charge in [0.1, 0.15) is 6.33 Å². The van der Waals surface area contributed by atoms with Crippen molar-refractivity contribution in [2.24, 2.45) is 0 Å². The van der Waals surface area contributed by atoms with Crippen LogP contribution in [0.1, 0.15) is 4.88 Å². The van der Waals surface area contributed by atoms with Crippen LogP contribution >= 0.6 is 11.3 Å². The second-order valence-corrected chi connectivity index (χ2v) is 8.00. The molecule has 1 saturated heterocycles. The summed E-state index contributed by atoms with van der Waals surface area (Å²) in [6.07, 6.45) is 1.59. The number of rotatable bonds is 6. The van der Waals surface area contributed by atoms with Gasteiger partial charge in [0.15, 0.2) is 17.0 Å². The fourth-order valence-corrected chi connectivity index (χ4v) is 4.26. The summed E-state index contributed by atoms with van der Waals surface area (Å²) in [5.41, 5.74) is 2.31. The van der Waals surface area contributed by atoms with E-state index in [2.05, 4.69) is 48.0 Å². The Morgan fingerprint density at radius 2 is 2.07 bits per heavy atom. The first-order valence-electron chi connectivity index (χ1n) is 9.58. The molecule has 8 nitrogen and oxygen atoms in total. The second kappa shape index (κ2) is 8.24.